The van der Waals surface area contributed by atoms with Crippen LogP contribution in [0.5, 0.6) is 0 Å². The number of benzene rings is 1. The highest BCUT2D eigenvalue weighted by atomic mass is 16.7. The number of aliphatic carboxylic acids is 1. The number of esters is 2. The number of carboxylic acids is 1. The molecule has 0 aromatic heterocycles. The van der Waals surface area contributed by atoms with Gasteiger partial charge < -0.3 is 14.6 Å². The van der Waals surface area contributed by atoms with Crippen LogP contribution in [0, 0.1) is 0 Å². The molecule has 1 aromatic rings. The van der Waals surface area contributed by atoms with Gasteiger partial charge in [0.05, 0.1) is 5.56 Å². The molecule has 6 heteroatoms. The molecule has 1 rings (SSSR count). The van der Waals surface area contributed by atoms with E-state index in [1.54, 1.807) is 30.3 Å². The van der Waals surface area contributed by atoms with Gasteiger partial charge in [0, 0.05) is 12.8 Å². The summed E-state index contributed by atoms with van der Waals surface area (Å²) in [6, 6.07) is 8.47. The van der Waals surface area contributed by atoms with Crippen LogP contribution in [0.1, 0.15) is 55.3 Å². The van der Waals surface area contributed by atoms with Crippen molar-refractivity contribution in [2.24, 2.45) is 0 Å². The maximum atomic E-state index is 11.6. The molecule has 0 bridgehead atoms. The maximum absolute atomic E-state index is 11.6. The van der Waals surface area contributed by atoms with Crippen molar-refractivity contribution < 1.29 is 29.0 Å². The Balaban J connectivity index is 2.00. The van der Waals surface area contributed by atoms with Crippen molar-refractivity contribution in [3.8, 4) is 0 Å². The molecule has 0 atom stereocenters. The quantitative estimate of drug-likeness (QED) is 0.382. The standard InChI is InChI=1S/C17H22O6/c18-15(19)11-7-2-1-3-8-12-16(20)22-13-23-17(21)14-9-5-4-6-10-14/h4-6,9-10H,1-3,7-8,11-13H2,(H,18,19). The third-order valence-corrected chi connectivity index (χ3v) is 3.19. The molecule has 0 radical (unpaired) electrons. The fourth-order valence-electron chi connectivity index (χ4n) is 1.95. The van der Waals surface area contributed by atoms with E-state index in [1.165, 1.54) is 0 Å². The van der Waals surface area contributed by atoms with E-state index in [9.17, 15) is 14.4 Å². The number of carboxylic acid groups (broad SMARTS) is 1. The first-order chi connectivity index (χ1) is 11.1. The van der Waals surface area contributed by atoms with Gasteiger partial charge in [-0.15, -0.1) is 0 Å². The first-order valence-electron chi connectivity index (χ1n) is 7.69. The van der Waals surface area contributed by atoms with E-state index in [2.05, 4.69) is 0 Å². The SMILES string of the molecule is O=C(O)CCCCCCCC(=O)OCOC(=O)c1ccccc1. The molecule has 0 aliphatic rings. The summed E-state index contributed by atoms with van der Waals surface area (Å²) in [5.41, 5.74) is 0.407. The highest BCUT2D eigenvalue weighted by Gasteiger charge is 2.08. The van der Waals surface area contributed by atoms with Crippen molar-refractivity contribution in [2.75, 3.05) is 6.79 Å². The van der Waals surface area contributed by atoms with Gasteiger partial charge >= 0.3 is 17.9 Å². The Morgan fingerprint density at radius 3 is 2.09 bits per heavy atom. The predicted molar refractivity (Wildman–Crippen MR) is 82.8 cm³/mol. The lowest BCUT2D eigenvalue weighted by Gasteiger charge is -2.06. The molecule has 0 aliphatic carbocycles. The Morgan fingerprint density at radius 2 is 1.43 bits per heavy atom. The highest BCUT2D eigenvalue weighted by Crippen LogP contribution is 2.08. The third-order valence-electron chi connectivity index (χ3n) is 3.19. The summed E-state index contributed by atoms with van der Waals surface area (Å²) >= 11 is 0. The number of carbonyl (C=O) groups excluding carboxylic acids is 2. The van der Waals surface area contributed by atoms with Gasteiger partial charge in [-0.3, -0.25) is 9.59 Å². The lowest BCUT2D eigenvalue weighted by Crippen LogP contribution is -2.12. The molecule has 0 fully saturated rings. The van der Waals surface area contributed by atoms with Gasteiger partial charge in [0.25, 0.3) is 0 Å². The smallest absolute Gasteiger partial charge is 0.340 e. The van der Waals surface area contributed by atoms with Crippen LogP contribution >= 0.6 is 0 Å². The number of ether oxygens (including phenoxy) is 2. The lowest BCUT2D eigenvalue weighted by molar-refractivity contribution is -0.152. The number of hydrogen-bond acceptors (Lipinski definition) is 5. The molecule has 0 unspecified atom stereocenters. The van der Waals surface area contributed by atoms with Gasteiger partial charge in [-0.25, -0.2) is 4.79 Å². The zero-order chi connectivity index (χ0) is 16.9. The first-order valence-corrected chi connectivity index (χ1v) is 7.69. The van der Waals surface area contributed by atoms with E-state index in [1.807, 2.05) is 0 Å². The van der Waals surface area contributed by atoms with Crippen molar-refractivity contribution >= 4 is 17.9 Å². The Morgan fingerprint density at radius 1 is 0.826 bits per heavy atom. The molecule has 6 nitrogen and oxygen atoms in total. The van der Waals surface area contributed by atoms with Gasteiger partial charge in [0.1, 0.15) is 0 Å². The largest absolute Gasteiger partial charge is 0.481 e. The van der Waals surface area contributed by atoms with Gasteiger partial charge in [0.15, 0.2) is 0 Å². The van der Waals surface area contributed by atoms with E-state index in [0.717, 1.165) is 19.3 Å². The monoisotopic (exact) mass is 322 g/mol. The summed E-state index contributed by atoms with van der Waals surface area (Å²) in [4.78, 5) is 33.3. The molecule has 0 saturated carbocycles. The van der Waals surface area contributed by atoms with Gasteiger partial charge in [-0.05, 0) is 25.0 Å². The lowest BCUT2D eigenvalue weighted by atomic mass is 10.1. The normalized spacial score (nSPS) is 10.1. The van der Waals surface area contributed by atoms with E-state index < -0.39 is 17.9 Å². The average Bonchev–Trinajstić information content (AvgIpc) is 2.54. The second-order valence-corrected chi connectivity index (χ2v) is 5.09. The molecular weight excluding hydrogens is 300 g/mol. The molecular formula is C17H22O6. The second-order valence-electron chi connectivity index (χ2n) is 5.09. The molecule has 0 aliphatic heterocycles. The van der Waals surface area contributed by atoms with Crippen LogP contribution in [-0.4, -0.2) is 29.8 Å². The Hall–Kier alpha value is -2.37. The van der Waals surface area contributed by atoms with E-state index in [0.29, 0.717) is 18.4 Å². The molecule has 1 N–H and O–H groups in total. The van der Waals surface area contributed by atoms with Gasteiger partial charge in [-0.2, -0.15) is 0 Å². The number of carbonyl (C=O) groups is 3. The minimum Gasteiger partial charge on any atom is -0.481 e. The topological polar surface area (TPSA) is 89.9 Å². The van der Waals surface area contributed by atoms with Crippen LogP contribution in [0.4, 0.5) is 0 Å². The summed E-state index contributed by atoms with van der Waals surface area (Å²) in [5, 5.41) is 8.49. The molecule has 0 heterocycles. The fourth-order valence-corrected chi connectivity index (χ4v) is 1.95. The molecule has 1 aromatic carbocycles. The molecule has 23 heavy (non-hydrogen) atoms. The zero-order valence-corrected chi connectivity index (χ0v) is 13.0. The van der Waals surface area contributed by atoms with Crippen molar-refractivity contribution in [1.82, 2.24) is 0 Å². The predicted octanol–water partition coefficient (Wildman–Crippen LogP) is 3.16. The first kappa shape index (κ1) is 18.7. The molecule has 0 amide bonds. The van der Waals surface area contributed by atoms with Crippen molar-refractivity contribution in [3.05, 3.63) is 35.9 Å². The molecule has 0 saturated heterocycles. The van der Waals surface area contributed by atoms with E-state index in [-0.39, 0.29) is 19.6 Å². The number of rotatable bonds is 11. The van der Waals surface area contributed by atoms with Crippen LogP contribution in [0.15, 0.2) is 30.3 Å². The minimum absolute atomic E-state index is 0.189. The summed E-state index contributed by atoms with van der Waals surface area (Å²) in [5.74, 6) is -1.72. The fraction of sp³-hybridized carbons (Fsp3) is 0.471. The van der Waals surface area contributed by atoms with Crippen molar-refractivity contribution in [3.63, 3.8) is 0 Å². The van der Waals surface area contributed by atoms with Crippen LogP contribution in [0.3, 0.4) is 0 Å². The second kappa shape index (κ2) is 11.2. The minimum atomic E-state index is -0.779. The number of unbranched alkanes of at least 4 members (excludes halogenated alkanes) is 4. The highest BCUT2D eigenvalue weighted by molar-refractivity contribution is 5.89. The molecule has 126 valence electrons. The van der Waals surface area contributed by atoms with E-state index in [4.69, 9.17) is 14.6 Å². The summed E-state index contributed by atoms with van der Waals surface area (Å²) in [6.07, 6.45) is 4.38. The Bertz CT molecular complexity index is 497. The van der Waals surface area contributed by atoms with Crippen LogP contribution < -0.4 is 0 Å². The average molecular weight is 322 g/mol. The van der Waals surface area contributed by atoms with E-state index >= 15 is 0 Å². The van der Waals surface area contributed by atoms with Gasteiger partial charge in [-0.1, -0.05) is 37.5 Å². The zero-order valence-electron chi connectivity index (χ0n) is 13.0. The maximum Gasteiger partial charge on any atom is 0.340 e. The van der Waals surface area contributed by atoms with Crippen LogP contribution in [0.25, 0.3) is 0 Å². The Labute approximate surface area is 135 Å². The summed E-state index contributed by atoms with van der Waals surface area (Å²) < 4.78 is 9.68. The third kappa shape index (κ3) is 9.29. The summed E-state index contributed by atoms with van der Waals surface area (Å²) in [6.45, 7) is -0.384. The summed E-state index contributed by atoms with van der Waals surface area (Å²) in [7, 11) is 0. The van der Waals surface area contributed by atoms with Crippen molar-refractivity contribution in [1.29, 1.82) is 0 Å². The number of hydrogen-bond donors (Lipinski definition) is 1. The van der Waals surface area contributed by atoms with Crippen LogP contribution in [-0.2, 0) is 19.1 Å². The Kier molecular flexibility index (Phi) is 9.12. The van der Waals surface area contributed by atoms with Crippen molar-refractivity contribution in [2.45, 2.75) is 44.9 Å². The van der Waals surface area contributed by atoms with Gasteiger partial charge in [0.2, 0.25) is 6.79 Å². The molecule has 0 spiro atoms. The van der Waals surface area contributed by atoms with Crippen LogP contribution in [0.2, 0.25) is 0 Å².